The Kier molecular flexibility index (Phi) is 4.69. The predicted octanol–water partition coefficient (Wildman–Crippen LogP) is -0.338. The van der Waals surface area contributed by atoms with E-state index in [9.17, 15) is 9.59 Å². The van der Waals surface area contributed by atoms with E-state index in [0.717, 1.165) is 4.88 Å². The third kappa shape index (κ3) is 3.90. The summed E-state index contributed by atoms with van der Waals surface area (Å²) in [5, 5.41) is 4.16. The van der Waals surface area contributed by atoms with Gasteiger partial charge in [-0.25, -0.2) is 0 Å². The molecule has 5 N–H and O–H groups in total. The van der Waals surface area contributed by atoms with Gasteiger partial charge in [0.1, 0.15) is 6.04 Å². The second-order valence-electron chi connectivity index (χ2n) is 3.30. The number of amides is 2. The molecule has 0 saturated carbocycles. The molecule has 0 aliphatic heterocycles. The summed E-state index contributed by atoms with van der Waals surface area (Å²) in [4.78, 5) is 23.2. The number of primary amides is 1. The average molecular weight is 251 g/mol. The van der Waals surface area contributed by atoms with Gasteiger partial charge in [-0.15, -0.1) is 11.3 Å². The van der Waals surface area contributed by atoms with E-state index in [4.69, 9.17) is 11.5 Å². The van der Waals surface area contributed by atoms with Gasteiger partial charge < -0.3 is 16.8 Å². The van der Waals surface area contributed by atoms with Crippen LogP contribution in [-0.2, 0) is 4.79 Å². The van der Waals surface area contributed by atoms with Crippen molar-refractivity contribution in [3.05, 3.63) is 21.9 Å². The van der Waals surface area contributed by atoms with Crippen molar-refractivity contribution in [3.63, 3.8) is 0 Å². The number of carbonyl (C=O) groups is 2. The Morgan fingerprint density at radius 1 is 1.59 bits per heavy atom. The molecule has 0 aliphatic carbocycles. The number of nitrogens with two attached hydrogens (primary N) is 2. The Hall–Kier alpha value is -1.84. The average Bonchev–Trinajstić information content (AvgIpc) is 2.74. The van der Waals surface area contributed by atoms with Gasteiger partial charge >= 0.3 is 0 Å². The van der Waals surface area contributed by atoms with Crippen molar-refractivity contribution in [2.75, 3.05) is 6.54 Å². The van der Waals surface area contributed by atoms with Crippen LogP contribution in [0, 0.1) is 11.8 Å². The molecule has 0 saturated heterocycles. The van der Waals surface area contributed by atoms with Gasteiger partial charge in [-0.2, -0.15) is 0 Å². The number of carbonyl (C=O) groups excluding carboxylic acids is 2. The van der Waals surface area contributed by atoms with Crippen LogP contribution in [0.1, 0.15) is 22.2 Å². The van der Waals surface area contributed by atoms with Crippen molar-refractivity contribution >= 4 is 23.2 Å². The quantitative estimate of drug-likeness (QED) is 0.641. The van der Waals surface area contributed by atoms with Crippen LogP contribution in [-0.4, -0.2) is 24.4 Å². The maximum atomic E-state index is 11.7. The van der Waals surface area contributed by atoms with Crippen molar-refractivity contribution in [2.45, 2.75) is 13.0 Å². The molecule has 0 fully saturated rings. The van der Waals surface area contributed by atoms with Crippen molar-refractivity contribution in [1.82, 2.24) is 5.32 Å². The predicted molar refractivity (Wildman–Crippen MR) is 66.4 cm³/mol. The molecule has 0 bridgehead atoms. The highest BCUT2D eigenvalue weighted by molar-refractivity contribution is 7.10. The van der Waals surface area contributed by atoms with Gasteiger partial charge in [-0.1, -0.05) is 11.8 Å². The summed E-state index contributed by atoms with van der Waals surface area (Å²) >= 11 is 1.35. The van der Waals surface area contributed by atoms with Crippen molar-refractivity contribution in [2.24, 2.45) is 11.5 Å². The van der Waals surface area contributed by atoms with Gasteiger partial charge in [-0.3, -0.25) is 9.59 Å². The fraction of sp³-hybridized carbons (Fsp3) is 0.273. The van der Waals surface area contributed by atoms with Gasteiger partial charge in [0.05, 0.1) is 17.0 Å². The SMILES string of the molecule is CC(NC(=O)c1csc(C#CCN)c1)C(N)=O. The molecule has 2 amide bonds. The van der Waals surface area contributed by atoms with Gasteiger partial charge in [0.2, 0.25) is 5.91 Å². The maximum absolute atomic E-state index is 11.7. The van der Waals surface area contributed by atoms with E-state index in [2.05, 4.69) is 17.2 Å². The highest BCUT2D eigenvalue weighted by atomic mass is 32.1. The first-order chi connectivity index (χ1) is 8.04. The standard InChI is InChI=1S/C11H13N3O2S/c1-7(10(13)15)14-11(16)8-5-9(17-6-8)3-2-4-12/h5-7H,4,12H2,1H3,(H2,13,15)(H,14,16). The summed E-state index contributed by atoms with van der Waals surface area (Å²) in [5.74, 6) is 4.61. The zero-order valence-corrected chi connectivity index (χ0v) is 10.1. The monoisotopic (exact) mass is 251 g/mol. The first-order valence-electron chi connectivity index (χ1n) is 4.92. The highest BCUT2D eigenvalue weighted by Gasteiger charge is 2.14. The fourth-order valence-electron chi connectivity index (χ4n) is 1.01. The molecule has 90 valence electrons. The van der Waals surface area contributed by atoms with E-state index < -0.39 is 11.9 Å². The normalized spacial score (nSPS) is 11.2. The summed E-state index contributed by atoms with van der Waals surface area (Å²) in [6.07, 6.45) is 0. The zero-order valence-electron chi connectivity index (χ0n) is 9.32. The van der Waals surface area contributed by atoms with Crippen molar-refractivity contribution in [3.8, 4) is 11.8 Å². The van der Waals surface area contributed by atoms with Crippen LogP contribution >= 0.6 is 11.3 Å². The Morgan fingerprint density at radius 3 is 2.88 bits per heavy atom. The summed E-state index contributed by atoms with van der Waals surface area (Å²) < 4.78 is 0. The largest absolute Gasteiger partial charge is 0.368 e. The summed E-state index contributed by atoms with van der Waals surface area (Å²) in [5.41, 5.74) is 10.8. The third-order valence-corrected chi connectivity index (χ3v) is 2.80. The summed E-state index contributed by atoms with van der Waals surface area (Å²) in [6.45, 7) is 1.81. The highest BCUT2D eigenvalue weighted by Crippen LogP contribution is 2.13. The van der Waals surface area contributed by atoms with Crippen LogP contribution in [0.25, 0.3) is 0 Å². The molecular formula is C11H13N3O2S. The smallest absolute Gasteiger partial charge is 0.252 e. The van der Waals surface area contributed by atoms with E-state index in [-0.39, 0.29) is 12.5 Å². The van der Waals surface area contributed by atoms with E-state index in [1.165, 1.54) is 18.3 Å². The molecule has 1 heterocycles. The summed E-state index contributed by atoms with van der Waals surface area (Å²) in [7, 11) is 0. The van der Waals surface area contributed by atoms with E-state index >= 15 is 0 Å². The lowest BCUT2D eigenvalue weighted by Gasteiger charge is -2.08. The first-order valence-corrected chi connectivity index (χ1v) is 5.80. The number of thiophene rings is 1. The van der Waals surface area contributed by atoms with Gasteiger partial charge in [0, 0.05) is 5.38 Å². The first kappa shape index (κ1) is 13.2. The van der Waals surface area contributed by atoms with E-state index in [0.29, 0.717) is 5.56 Å². The van der Waals surface area contributed by atoms with Gasteiger partial charge in [0.15, 0.2) is 0 Å². The lowest BCUT2D eigenvalue weighted by atomic mass is 10.2. The molecular weight excluding hydrogens is 238 g/mol. The zero-order chi connectivity index (χ0) is 12.8. The van der Waals surface area contributed by atoms with Gasteiger partial charge in [0.25, 0.3) is 5.91 Å². The molecule has 17 heavy (non-hydrogen) atoms. The van der Waals surface area contributed by atoms with E-state index in [1.54, 1.807) is 11.4 Å². The van der Waals surface area contributed by atoms with Gasteiger partial charge in [-0.05, 0) is 13.0 Å². The van der Waals surface area contributed by atoms with Crippen LogP contribution in [0.15, 0.2) is 11.4 Å². The topological polar surface area (TPSA) is 98.2 Å². The van der Waals surface area contributed by atoms with Crippen molar-refractivity contribution in [1.29, 1.82) is 0 Å². The minimum absolute atomic E-state index is 0.276. The second kappa shape index (κ2) is 6.03. The number of nitrogens with one attached hydrogen (secondary N) is 1. The third-order valence-electron chi connectivity index (χ3n) is 1.95. The molecule has 0 aromatic carbocycles. The fourth-order valence-corrected chi connectivity index (χ4v) is 1.77. The molecule has 1 unspecified atom stereocenters. The van der Waals surface area contributed by atoms with E-state index in [1.807, 2.05) is 0 Å². The molecule has 6 heteroatoms. The van der Waals surface area contributed by atoms with Crippen molar-refractivity contribution < 1.29 is 9.59 Å². The Labute approximate surface area is 103 Å². The molecule has 5 nitrogen and oxygen atoms in total. The minimum Gasteiger partial charge on any atom is -0.368 e. The Balaban J connectivity index is 2.70. The number of hydrogen-bond donors (Lipinski definition) is 3. The molecule has 0 radical (unpaired) electrons. The van der Waals surface area contributed by atoms with Crippen LogP contribution in [0.3, 0.4) is 0 Å². The minimum atomic E-state index is -0.694. The number of hydrogen-bond acceptors (Lipinski definition) is 4. The van der Waals surface area contributed by atoms with Crippen LogP contribution < -0.4 is 16.8 Å². The maximum Gasteiger partial charge on any atom is 0.252 e. The molecule has 1 rings (SSSR count). The molecule has 1 atom stereocenters. The Morgan fingerprint density at radius 2 is 2.29 bits per heavy atom. The molecule has 1 aromatic heterocycles. The number of rotatable bonds is 3. The second-order valence-corrected chi connectivity index (χ2v) is 4.21. The van der Waals surface area contributed by atoms with Crippen LogP contribution in [0.5, 0.6) is 0 Å². The molecule has 0 spiro atoms. The Bertz CT molecular complexity index is 484. The van der Waals surface area contributed by atoms with Crippen LogP contribution in [0.2, 0.25) is 0 Å². The summed E-state index contributed by atoms with van der Waals surface area (Å²) in [6, 6.07) is 0.956. The lowest BCUT2D eigenvalue weighted by Crippen LogP contribution is -2.42. The molecule has 1 aromatic rings. The van der Waals surface area contributed by atoms with Crippen LogP contribution in [0.4, 0.5) is 0 Å². The lowest BCUT2D eigenvalue weighted by molar-refractivity contribution is -0.119. The molecule has 0 aliphatic rings.